The second kappa shape index (κ2) is 12.8. The van der Waals surface area contributed by atoms with E-state index >= 15 is 0 Å². The molecule has 0 unspecified atom stereocenters. The highest BCUT2D eigenvalue weighted by atomic mass is 79.9. The average Bonchev–Trinajstić information content (AvgIpc) is 2.79. The molecule has 2 aromatic rings. The van der Waals surface area contributed by atoms with Gasteiger partial charge < -0.3 is 10.2 Å². The van der Waals surface area contributed by atoms with Crippen LogP contribution in [0.2, 0.25) is 5.02 Å². The van der Waals surface area contributed by atoms with Crippen molar-refractivity contribution in [1.82, 2.24) is 10.2 Å². The summed E-state index contributed by atoms with van der Waals surface area (Å²) >= 11 is 10.9. The van der Waals surface area contributed by atoms with Gasteiger partial charge in [-0.1, -0.05) is 65.0 Å². The zero-order valence-electron chi connectivity index (χ0n) is 18.7. The molecule has 33 heavy (non-hydrogen) atoms. The number of carbonyl (C=O) groups excluding carboxylic acids is 2. The molecule has 1 N–H and O–H groups in total. The lowest BCUT2D eigenvalue weighted by Crippen LogP contribution is -2.50. The predicted molar refractivity (Wildman–Crippen MR) is 137 cm³/mol. The third-order valence-corrected chi connectivity index (χ3v) is 7.69. The van der Waals surface area contributed by atoms with Gasteiger partial charge in [-0.05, 0) is 49.6 Å². The SMILES string of the molecule is C[C@H](C(=O)NC1CCCCC1)N(Cc1cccc(Br)c1)C(=O)CSCc1c(F)cccc1Cl. The molecule has 178 valence electrons. The fourth-order valence-electron chi connectivity index (χ4n) is 3.98. The van der Waals surface area contributed by atoms with Crippen LogP contribution in [-0.4, -0.2) is 34.6 Å². The number of amides is 2. The van der Waals surface area contributed by atoms with Crippen molar-refractivity contribution >= 4 is 51.1 Å². The van der Waals surface area contributed by atoms with Crippen molar-refractivity contribution in [2.24, 2.45) is 0 Å². The van der Waals surface area contributed by atoms with Crippen molar-refractivity contribution in [3.8, 4) is 0 Å². The highest BCUT2D eigenvalue weighted by Crippen LogP contribution is 2.25. The van der Waals surface area contributed by atoms with Crippen LogP contribution in [-0.2, 0) is 21.9 Å². The second-order valence-corrected chi connectivity index (χ2v) is 10.7. The van der Waals surface area contributed by atoms with Gasteiger partial charge in [0.25, 0.3) is 0 Å². The first-order valence-corrected chi connectivity index (χ1v) is 13.5. The van der Waals surface area contributed by atoms with Gasteiger partial charge in [-0.15, -0.1) is 11.8 Å². The second-order valence-electron chi connectivity index (χ2n) is 8.36. The molecule has 4 nitrogen and oxygen atoms in total. The minimum absolute atomic E-state index is 0.125. The van der Waals surface area contributed by atoms with E-state index in [0.717, 1.165) is 35.7 Å². The van der Waals surface area contributed by atoms with Crippen LogP contribution in [0.25, 0.3) is 0 Å². The van der Waals surface area contributed by atoms with E-state index in [1.165, 1.54) is 24.2 Å². The first-order valence-electron chi connectivity index (χ1n) is 11.2. The summed E-state index contributed by atoms with van der Waals surface area (Å²) in [5.41, 5.74) is 1.32. The molecule has 0 radical (unpaired) electrons. The van der Waals surface area contributed by atoms with Gasteiger partial charge in [-0.2, -0.15) is 0 Å². The van der Waals surface area contributed by atoms with Crippen LogP contribution in [0.1, 0.15) is 50.2 Å². The van der Waals surface area contributed by atoms with Crippen LogP contribution in [0.3, 0.4) is 0 Å². The van der Waals surface area contributed by atoms with Gasteiger partial charge in [0.2, 0.25) is 11.8 Å². The standard InChI is InChI=1S/C25H29BrClFN2O2S/c1-17(25(32)29-20-9-3-2-4-10-20)30(14-18-7-5-8-19(26)13-18)24(31)16-33-15-21-22(27)11-6-12-23(21)28/h5-8,11-13,17,20H,2-4,9-10,14-16H2,1H3,(H,29,32)/t17-/m1/s1. The topological polar surface area (TPSA) is 49.4 Å². The number of thioether (sulfide) groups is 1. The number of nitrogens with zero attached hydrogens (tertiary/aromatic N) is 1. The van der Waals surface area contributed by atoms with Gasteiger partial charge in [-0.3, -0.25) is 9.59 Å². The number of halogens is 3. The maximum atomic E-state index is 14.1. The van der Waals surface area contributed by atoms with Crippen LogP contribution in [0.4, 0.5) is 4.39 Å². The summed E-state index contributed by atoms with van der Waals surface area (Å²) in [4.78, 5) is 27.8. The normalized spacial score (nSPS) is 15.2. The van der Waals surface area contributed by atoms with E-state index in [4.69, 9.17) is 11.6 Å². The van der Waals surface area contributed by atoms with E-state index < -0.39 is 6.04 Å². The minimum atomic E-state index is -0.615. The summed E-state index contributed by atoms with van der Waals surface area (Å²) in [7, 11) is 0. The summed E-state index contributed by atoms with van der Waals surface area (Å²) in [5, 5.41) is 3.48. The van der Waals surface area contributed by atoms with Crippen molar-refractivity contribution in [3.05, 3.63) is 68.9 Å². The van der Waals surface area contributed by atoms with Crippen molar-refractivity contribution in [2.75, 3.05) is 5.75 Å². The molecule has 1 aliphatic rings. The highest BCUT2D eigenvalue weighted by molar-refractivity contribution is 9.10. The van der Waals surface area contributed by atoms with Crippen LogP contribution in [0.15, 0.2) is 46.9 Å². The summed E-state index contributed by atoms with van der Waals surface area (Å²) in [6, 6.07) is 11.8. The fraction of sp³-hybridized carbons (Fsp3) is 0.440. The van der Waals surface area contributed by atoms with Crippen molar-refractivity contribution in [1.29, 1.82) is 0 Å². The molecule has 0 saturated heterocycles. The highest BCUT2D eigenvalue weighted by Gasteiger charge is 2.28. The van der Waals surface area contributed by atoms with E-state index in [1.54, 1.807) is 24.0 Å². The number of hydrogen-bond donors (Lipinski definition) is 1. The Labute approximate surface area is 212 Å². The van der Waals surface area contributed by atoms with E-state index in [1.807, 2.05) is 24.3 Å². The summed E-state index contributed by atoms with van der Waals surface area (Å²) < 4.78 is 15.0. The Hall–Kier alpha value is -1.57. The predicted octanol–water partition coefficient (Wildman–Crippen LogP) is 6.34. The van der Waals surface area contributed by atoms with E-state index in [9.17, 15) is 14.0 Å². The summed E-state index contributed by atoms with van der Waals surface area (Å²) in [5.74, 6) is -0.274. The monoisotopic (exact) mass is 554 g/mol. The number of benzene rings is 2. The maximum absolute atomic E-state index is 14.1. The van der Waals surface area contributed by atoms with Gasteiger partial charge in [-0.25, -0.2) is 4.39 Å². The Morgan fingerprint density at radius 1 is 1.21 bits per heavy atom. The van der Waals surface area contributed by atoms with Gasteiger partial charge in [0.1, 0.15) is 11.9 Å². The Balaban J connectivity index is 1.68. The molecule has 8 heteroatoms. The molecule has 0 aromatic heterocycles. The third-order valence-electron chi connectivity index (χ3n) is 5.89. The van der Waals surface area contributed by atoms with Gasteiger partial charge in [0.15, 0.2) is 0 Å². The molecule has 0 heterocycles. The molecular weight excluding hydrogens is 527 g/mol. The Morgan fingerprint density at radius 2 is 1.94 bits per heavy atom. The number of carbonyl (C=O) groups is 2. The Kier molecular flexibility index (Phi) is 10.1. The lowest BCUT2D eigenvalue weighted by Gasteiger charge is -2.31. The van der Waals surface area contributed by atoms with Crippen molar-refractivity contribution in [3.63, 3.8) is 0 Å². The van der Waals surface area contributed by atoms with Crippen LogP contribution in [0, 0.1) is 5.82 Å². The van der Waals surface area contributed by atoms with Gasteiger partial charge >= 0.3 is 0 Å². The molecule has 1 atom stereocenters. The van der Waals surface area contributed by atoms with Crippen LogP contribution in [0.5, 0.6) is 0 Å². The minimum Gasteiger partial charge on any atom is -0.352 e. The Morgan fingerprint density at radius 3 is 2.64 bits per heavy atom. The maximum Gasteiger partial charge on any atom is 0.242 e. The molecule has 3 rings (SSSR count). The zero-order valence-corrected chi connectivity index (χ0v) is 21.8. The molecule has 2 amide bonds. The zero-order chi connectivity index (χ0) is 23.8. The Bertz CT molecular complexity index is 951. The molecule has 0 aliphatic heterocycles. The summed E-state index contributed by atoms with van der Waals surface area (Å²) in [6.07, 6.45) is 5.41. The first-order chi connectivity index (χ1) is 15.8. The van der Waals surface area contributed by atoms with Gasteiger partial charge in [0, 0.05) is 33.4 Å². The molecule has 2 aromatic carbocycles. The van der Waals surface area contributed by atoms with Crippen LogP contribution >= 0.6 is 39.3 Å². The van der Waals surface area contributed by atoms with E-state index in [2.05, 4.69) is 21.2 Å². The first kappa shape index (κ1) is 26.0. The fourth-order valence-corrected chi connectivity index (χ4v) is 5.67. The smallest absolute Gasteiger partial charge is 0.242 e. The number of nitrogens with one attached hydrogen (secondary N) is 1. The van der Waals surface area contributed by atoms with Gasteiger partial charge in [0.05, 0.1) is 5.75 Å². The van der Waals surface area contributed by atoms with Crippen molar-refractivity contribution < 1.29 is 14.0 Å². The number of rotatable bonds is 9. The molecule has 0 spiro atoms. The lowest BCUT2D eigenvalue weighted by molar-refractivity contribution is -0.139. The van der Waals surface area contributed by atoms with Crippen LogP contribution < -0.4 is 5.32 Å². The van der Waals surface area contributed by atoms with Crippen molar-refractivity contribution in [2.45, 2.75) is 63.4 Å². The average molecular weight is 556 g/mol. The quantitative estimate of drug-likeness (QED) is 0.393. The molecule has 0 bridgehead atoms. The number of hydrogen-bond acceptors (Lipinski definition) is 3. The summed E-state index contributed by atoms with van der Waals surface area (Å²) in [6.45, 7) is 2.09. The molecule has 1 fully saturated rings. The largest absolute Gasteiger partial charge is 0.352 e. The third kappa shape index (κ3) is 7.72. The molecular formula is C25H29BrClFN2O2S. The lowest BCUT2D eigenvalue weighted by atomic mass is 9.95. The molecule has 1 saturated carbocycles. The van der Waals surface area contributed by atoms with E-state index in [-0.39, 0.29) is 35.2 Å². The van der Waals surface area contributed by atoms with E-state index in [0.29, 0.717) is 17.1 Å². The molecule has 1 aliphatic carbocycles.